The zero-order chi connectivity index (χ0) is 16.3. The minimum Gasteiger partial charge on any atom is -0.480 e. The number of carboxylic acid groups (broad SMARTS) is 1. The number of aliphatic carboxylic acids is 1. The first-order valence-corrected chi connectivity index (χ1v) is 7.14. The highest BCUT2D eigenvalue weighted by atomic mass is 16.6. The fraction of sp³-hybridized carbons (Fsp3) is 0.467. The maximum absolute atomic E-state index is 12.4. The minimum atomic E-state index is -1.00. The molecule has 0 aliphatic carbocycles. The third-order valence-corrected chi connectivity index (χ3v) is 3.95. The number of amides is 1. The molecular weight excluding hydrogens is 288 g/mol. The molecule has 7 heteroatoms. The van der Waals surface area contributed by atoms with Crippen molar-refractivity contribution in [2.75, 3.05) is 6.54 Å². The second-order valence-corrected chi connectivity index (χ2v) is 5.67. The topological polar surface area (TPSA) is 101 Å². The van der Waals surface area contributed by atoms with Gasteiger partial charge in [-0.15, -0.1) is 0 Å². The molecule has 1 amide bonds. The van der Waals surface area contributed by atoms with E-state index in [1.807, 2.05) is 6.92 Å². The molecule has 0 saturated carbocycles. The third-order valence-electron chi connectivity index (χ3n) is 3.95. The molecule has 0 aromatic heterocycles. The lowest BCUT2D eigenvalue weighted by atomic mass is 9.92. The molecule has 7 nitrogen and oxygen atoms in total. The summed E-state index contributed by atoms with van der Waals surface area (Å²) < 4.78 is 0. The Morgan fingerprint density at radius 2 is 2.18 bits per heavy atom. The Labute approximate surface area is 127 Å². The van der Waals surface area contributed by atoms with Crippen molar-refractivity contribution in [3.63, 3.8) is 0 Å². The predicted octanol–water partition coefficient (Wildman–Crippen LogP) is 1.85. The number of nitrogens with zero attached hydrogens (tertiary/aromatic N) is 2. The Balaban J connectivity index is 2.12. The maximum Gasteiger partial charge on any atom is 0.326 e. The zero-order valence-electron chi connectivity index (χ0n) is 12.3. The van der Waals surface area contributed by atoms with Crippen LogP contribution in [-0.4, -0.2) is 39.4 Å². The molecule has 2 rings (SSSR count). The quantitative estimate of drug-likeness (QED) is 0.675. The molecule has 1 aromatic rings. The van der Waals surface area contributed by atoms with E-state index < -0.39 is 16.9 Å². The van der Waals surface area contributed by atoms with Crippen LogP contribution < -0.4 is 0 Å². The first kappa shape index (κ1) is 15.9. The van der Waals surface area contributed by atoms with Crippen molar-refractivity contribution in [3.05, 3.63) is 39.9 Å². The number of rotatable bonds is 4. The summed E-state index contributed by atoms with van der Waals surface area (Å²) in [7, 11) is 0. The van der Waals surface area contributed by atoms with E-state index in [0.717, 1.165) is 6.42 Å². The fourth-order valence-electron chi connectivity index (χ4n) is 2.73. The number of hydrogen-bond donors (Lipinski definition) is 1. The van der Waals surface area contributed by atoms with Crippen molar-refractivity contribution < 1.29 is 19.6 Å². The first-order valence-electron chi connectivity index (χ1n) is 7.14. The molecule has 1 aliphatic heterocycles. The molecule has 1 fully saturated rings. The number of non-ortho nitro benzene ring substituents is 1. The zero-order valence-corrected chi connectivity index (χ0v) is 12.3. The standard InChI is InChI=1S/C15H18N2O5/c1-10-5-6-16(13(7-10)15(19)20)14(18)9-11-3-2-4-12(8-11)17(21)22/h2-4,8,10,13H,5-7,9H2,1H3,(H,19,20). The summed E-state index contributed by atoms with van der Waals surface area (Å²) in [6, 6.07) is 5.05. The highest BCUT2D eigenvalue weighted by Crippen LogP contribution is 2.24. The van der Waals surface area contributed by atoms with Gasteiger partial charge in [0, 0.05) is 18.7 Å². The third kappa shape index (κ3) is 3.60. The number of benzene rings is 1. The van der Waals surface area contributed by atoms with E-state index in [1.165, 1.54) is 23.1 Å². The summed E-state index contributed by atoms with van der Waals surface area (Å²) in [5.41, 5.74) is 0.439. The number of likely N-dealkylation sites (tertiary alicyclic amines) is 1. The van der Waals surface area contributed by atoms with Crippen LogP contribution in [0.25, 0.3) is 0 Å². The van der Waals surface area contributed by atoms with Gasteiger partial charge in [-0.05, 0) is 24.3 Å². The number of nitro benzene ring substituents is 1. The normalized spacial score (nSPS) is 21.4. The van der Waals surface area contributed by atoms with E-state index in [-0.39, 0.29) is 23.9 Å². The summed E-state index contributed by atoms with van der Waals surface area (Å²) in [4.78, 5) is 35.3. The number of piperidine rings is 1. The molecule has 0 bridgehead atoms. The molecule has 22 heavy (non-hydrogen) atoms. The second kappa shape index (κ2) is 6.55. The lowest BCUT2D eigenvalue weighted by Crippen LogP contribution is -2.50. The van der Waals surface area contributed by atoms with E-state index >= 15 is 0 Å². The Bertz CT molecular complexity index is 601. The molecule has 2 atom stereocenters. The molecule has 2 unspecified atom stereocenters. The molecule has 1 saturated heterocycles. The molecule has 1 N–H and O–H groups in total. The van der Waals surface area contributed by atoms with Gasteiger partial charge in [0.1, 0.15) is 6.04 Å². The van der Waals surface area contributed by atoms with Crippen LogP contribution >= 0.6 is 0 Å². The van der Waals surface area contributed by atoms with Gasteiger partial charge in [-0.3, -0.25) is 14.9 Å². The molecular formula is C15H18N2O5. The van der Waals surface area contributed by atoms with E-state index in [2.05, 4.69) is 0 Å². The number of carboxylic acids is 1. The number of hydrogen-bond acceptors (Lipinski definition) is 4. The maximum atomic E-state index is 12.4. The Hall–Kier alpha value is -2.44. The van der Waals surface area contributed by atoms with Crippen molar-refractivity contribution in [3.8, 4) is 0 Å². The summed E-state index contributed by atoms with van der Waals surface area (Å²) in [6.07, 6.45) is 1.18. The van der Waals surface area contributed by atoms with Crippen LogP contribution in [0.1, 0.15) is 25.3 Å². The van der Waals surface area contributed by atoms with Crippen molar-refractivity contribution >= 4 is 17.6 Å². The predicted molar refractivity (Wildman–Crippen MR) is 78.3 cm³/mol. The van der Waals surface area contributed by atoms with Crippen molar-refractivity contribution in [1.82, 2.24) is 4.90 Å². The smallest absolute Gasteiger partial charge is 0.326 e. The van der Waals surface area contributed by atoms with Gasteiger partial charge in [-0.1, -0.05) is 19.1 Å². The largest absolute Gasteiger partial charge is 0.480 e. The molecule has 1 aromatic carbocycles. The van der Waals surface area contributed by atoms with Gasteiger partial charge in [0.15, 0.2) is 0 Å². The average Bonchev–Trinajstić information content (AvgIpc) is 2.47. The molecule has 0 spiro atoms. The monoisotopic (exact) mass is 306 g/mol. The lowest BCUT2D eigenvalue weighted by Gasteiger charge is -2.36. The van der Waals surface area contributed by atoms with E-state index in [1.54, 1.807) is 6.07 Å². The van der Waals surface area contributed by atoms with Gasteiger partial charge < -0.3 is 10.0 Å². The Morgan fingerprint density at radius 3 is 2.82 bits per heavy atom. The highest BCUT2D eigenvalue weighted by Gasteiger charge is 2.34. The lowest BCUT2D eigenvalue weighted by molar-refractivity contribution is -0.384. The number of nitro groups is 1. The van der Waals surface area contributed by atoms with Gasteiger partial charge in [-0.2, -0.15) is 0 Å². The van der Waals surface area contributed by atoms with E-state index in [9.17, 15) is 24.8 Å². The number of carbonyl (C=O) groups is 2. The summed E-state index contributed by atoms with van der Waals surface area (Å²) in [6.45, 7) is 2.38. The van der Waals surface area contributed by atoms with Crippen molar-refractivity contribution in [1.29, 1.82) is 0 Å². The van der Waals surface area contributed by atoms with E-state index in [4.69, 9.17) is 0 Å². The van der Waals surface area contributed by atoms with Crippen LogP contribution in [0.2, 0.25) is 0 Å². The summed E-state index contributed by atoms with van der Waals surface area (Å²) >= 11 is 0. The van der Waals surface area contributed by atoms with Gasteiger partial charge in [-0.25, -0.2) is 4.79 Å². The van der Waals surface area contributed by atoms with Crippen molar-refractivity contribution in [2.45, 2.75) is 32.2 Å². The van der Waals surface area contributed by atoms with Crippen LogP contribution in [0.3, 0.4) is 0 Å². The highest BCUT2D eigenvalue weighted by molar-refractivity contribution is 5.85. The van der Waals surface area contributed by atoms with Gasteiger partial charge in [0.2, 0.25) is 5.91 Å². The fourth-order valence-corrected chi connectivity index (χ4v) is 2.73. The molecule has 1 aliphatic rings. The van der Waals surface area contributed by atoms with Crippen LogP contribution in [0.4, 0.5) is 5.69 Å². The first-order chi connectivity index (χ1) is 10.4. The van der Waals surface area contributed by atoms with Gasteiger partial charge in [0.25, 0.3) is 5.69 Å². The number of carbonyl (C=O) groups excluding carboxylic acids is 1. The van der Waals surface area contributed by atoms with Crippen molar-refractivity contribution in [2.24, 2.45) is 5.92 Å². The minimum absolute atomic E-state index is 0.0279. The SMILES string of the molecule is CC1CCN(C(=O)Cc2cccc([N+](=O)[O-])c2)C(C(=O)O)C1. The second-order valence-electron chi connectivity index (χ2n) is 5.67. The Kier molecular flexibility index (Phi) is 4.75. The Morgan fingerprint density at radius 1 is 1.45 bits per heavy atom. The summed E-state index contributed by atoms with van der Waals surface area (Å²) in [5.74, 6) is -1.04. The van der Waals surface area contributed by atoms with Crippen LogP contribution in [0, 0.1) is 16.0 Å². The van der Waals surface area contributed by atoms with Crippen LogP contribution in [0.15, 0.2) is 24.3 Å². The van der Waals surface area contributed by atoms with E-state index in [0.29, 0.717) is 18.5 Å². The van der Waals surface area contributed by atoms with Gasteiger partial charge in [0.05, 0.1) is 11.3 Å². The average molecular weight is 306 g/mol. The van der Waals surface area contributed by atoms with Gasteiger partial charge >= 0.3 is 5.97 Å². The molecule has 118 valence electrons. The molecule has 0 radical (unpaired) electrons. The summed E-state index contributed by atoms with van der Waals surface area (Å²) in [5, 5.41) is 20.0. The van der Waals surface area contributed by atoms with Crippen LogP contribution in [-0.2, 0) is 16.0 Å². The molecule has 1 heterocycles. The van der Waals surface area contributed by atoms with Crippen LogP contribution in [0.5, 0.6) is 0 Å².